The van der Waals surface area contributed by atoms with Gasteiger partial charge in [0.25, 0.3) is 0 Å². The van der Waals surface area contributed by atoms with Crippen molar-refractivity contribution in [2.24, 2.45) is 11.8 Å². The molecule has 0 aromatic heterocycles. The van der Waals surface area contributed by atoms with Crippen LogP contribution in [0.3, 0.4) is 0 Å². The molecular weight excluding hydrogens is 234 g/mol. The molecule has 0 aromatic rings. The fourth-order valence-corrected chi connectivity index (χ4v) is 3.47. The van der Waals surface area contributed by atoms with E-state index in [1.54, 1.807) is 0 Å². The lowest BCUT2D eigenvalue weighted by Crippen LogP contribution is -2.44. The van der Waals surface area contributed by atoms with Crippen LogP contribution in [0.4, 0.5) is 0 Å². The van der Waals surface area contributed by atoms with Gasteiger partial charge in [0.05, 0.1) is 6.07 Å². The third kappa shape index (κ3) is 4.78. The lowest BCUT2D eigenvalue weighted by atomic mass is 9.91. The normalized spacial score (nSPS) is 31.7. The van der Waals surface area contributed by atoms with Crippen molar-refractivity contribution in [2.75, 3.05) is 19.6 Å². The first-order valence-corrected chi connectivity index (χ1v) is 7.92. The van der Waals surface area contributed by atoms with Gasteiger partial charge in [-0.15, -0.1) is 0 Å². The molecule has 1 N–H and O–H groups in total. The van der Waals surface area contributed by atoms with Crippen LogP contribution in [0, 0.1) is 23.2 Å². The summed E-state index contributed by atoms with van der Waals surface area (Å²) in [6.45, 7) is 10.4. The molecule has 1 aliphatic heterocycles. The van der Waals surface area contributed by atoms with Crippen molar-refractivity contribution in [3.8, 4) is 6.07 Å². The van der Waals surface area contributed by atoms with Gasteiger partial charge < -0.3 is 4.90 Å². The van der Waals surface area contributed by atoms with Gasteiger partial charge in [-0.3, -0.25) is 5.32 Å². The van der Waals surface area contributed by atoms with Gasteiger partial charge in [0.2, 0.25) is 0 Å². The molecular formula is C16H29N3. The number of piperidine rings is 1. The molecule has 0 amide bonds. The maximum absolute atomic E-state index is 9.36. The summed E-state index contributed by atoms with van der Waals surface area (Å²) < 4.78 is 0. The number of hydrogen-bond acceptors (Lipinski definition) is 3. The number of hydrogen-bond donors (Lipinski definition) is 1. The number of likely N-dealkylation sites (tertiary alicyclic amines) is 1. The second-order valence-corrected chi connectivity index (χ2v) is 7.17. The first-order chi connectivity index (χ1) is 9.00. The predicted molar refractivity (Wildman–Crippen MR) is 78.8 cm³/mol. The van der Waals surface area contributed by atoms with Gasteiger partial charge in [0.15, 0.2) is 0 Å². The molecule has 1 heterocycles. The number of rotatable bonds is 6. The zero-order valence-corrected chi connectivity index (χ0v) is 12.8. The monoisotopic (exact) mass is 263 g/mol. The van der Waals surface area contributed by atoms with E-state index >= 15 is 0 Å². The molecule has 0 spiro atoms. The van der Waals surface area contributed by atoms with Crippen molar-refractivity contribution in [3.63, 3.8) is 0 Å². The van der Waals surface area contributed by atoms with Crippen LogP contribution in [0.2, 0.25) is 0 Å². The summed E-state index contributed by atoms with van der Waals surface area (Å²) in [7, 11) is 0. The molecule has 2 fully saturated rings. The highest BCUT2D eigenvalue weighted by molar-refractivity contribution is 5.07. The predicted octanol–water partition coefficient (Wildman–Crippen LogP) is 2.78. The van der Waals surface area contributed by atoms with E-state index in [0.29, 0.717) is 6.04 Å². The third-order valence-electron chi connectivity index (χ3n) is 4.44. The van der Waals surface area contributed by atoms with Gasteiger partial charge >= 0.3 is 0 Å². The Bertz CT molecular complexity index is 321. The first-order valence-electron chi connectivity index (χ1n) is 7.92. The quantitative estimate of drug-likeness (QED) is 0.801. The van der Waals surface area contributed by atoms with Crippen LogP contribution in [0.25, 0.3) is 0 Å². The minimum atomic E-state index is -0.311. The Hall–Kier alpha value is -0.590. The zero-order chi connectivity index (χ0) is 13.9. The van der Waals surface area contributed by atoms with Gasteiger partial charge in [0.1, 0.15) is 5.54 Å². The summed E-state index contributed by atoms with van der Waals surface area (Å²) in [6, 6.07) is 3.09. The van der Waals surface area contributed by atoms with E-state index in [9.17, 15) is 5.26 Å². The maximum Gasteiger partial charge on any atom is 0.104 e. The van der Waals surface area contributed by atoms with Gasteiger partial charge in [-0.1, -0.05) is 13.8 Å². The van der Waals surface area contributed by atoms with Crippen molar-refractivity contribution < 1.29 is 0 Å². The summed E-state index contributed by atoms with van der Waals surface area (Å²) in [5.74, 6) is 1.66. The molecule has 1 saturated heterocycles. The Morgan fingerprint density at radius 2 is 1.89 bits per heavy atom. The summed E-state index contributed by atoms with van der Waals surface area (Å²) in [4.78, 5) is 2.59. The number of nitrogens with one attached hydrogen (secondary N) is 1. The van der Waals surface area contributed by atoms with Crippen molar-refractivity contribution in [1.29, 1.82) is 5.26 Å². The molecule has 1 aliphatic carbocycles. The second kappa shape index (κ2) is 6.24. The molecule has 0 aromatic carbocycles. The molecule has 2 aliphatic rings. The Kier molecular flexibility index (Phi) is 4.86. The van der Waals surface area contributed by atoms with Crippen molar-refractivity contribution in [2.45, 2.75) is 64.5 Å². The second-order valence-electron chi connectivity index (χ2n) is 7.17. The lowest BCUT2D eigenvalue weighted by Gasteiger charge is -2.35. The number of nitrogens with zero attached hydrogens (tertiary/aromatic N) is 2. The first kappa shape index (κ1) is 14.8. The topological polar surface area (TPSA) is 39.1 Å². The Balaban J connectivity index is 1.71. The minimum absolute atomic E-state index is 0.311. The van der Waals surface area contributed by atoms with E-state index in [1.165, 1.54) is 32.4 Å². The van der Waals surface area contributed by atoms with E-state index in [-0.39, 0.29) is 5.54 Å². The summed E-state index contributed by atoms with van der Waals surface area (Å²) in [6.07, 6.45) is 5.97. The van der Waals surface area contributed by atoms with E-state index < -0.39 is 0 Å². The van der Waals surface area contributed by atoms with Crippen molar-refractivity contribution >= 4 is 0 Å². The third-order valence-corrected chi connectivity index (χ3v) is 4.44. The molecule has 0 radical (unpaired) electrons. The van der Waals surface area contributed by atoms with Crippen LogP contribution in [0.1, 0.15) is 52.9 Å². The standard InChI is InChI=1S/C16H29N3/c1-13-9-14(2)11-19(10-13)8-4-7-16(3,12-17)18-15-5-6-15/h13-15,18H,4-11H2,1-3H3. The van der Waals surface area contributed by atoms with E-state index in [1.807, 2.05) is 0 Å². The fraction of sp³-hybridized carbons (Fsp3) is 0.938. The fourth-order valence-electron chi connectivity index (χ4n) is 3.47. The molecule has 3 unspecified atom stereocenters. The Labute approximate surface area is 118 Å². The molecule has 108 valence electrons. The van der Waals surface area contributed by atoms with Gasteiger partial charge in [-0.2, -0.15) is 5.26 Å². The average Bonchev–Trinajstić information content (AvgIpc) is 3.11. The van der Waals surface area contributed by atoms with Gasteiger partial charge in [-0.05, 0) is 57.4 Å². The van der Waals surface area contributed by atoms with Crippen LogP contribution in [0.5, 0.6) is 0 Å². The Morgan fingerprint density at radius 1 is 1.26 bits per heavy atom. The van der Waals surface area contributed by atoms with Crippen LogP contribution < -0.4 is 5.32 Å². The van der Waals surface area contributed by atoms with Crippen LogP contribution >= 0.6 is 0 Å². The van der Waals surface area contributed by atoms with E-state index in [2.05, 4.69) is 37.1 Å². The van der Waals surface area contributed by atoms with Crippen molar-refractivity contribution in [1.82, 2.24) is 10.2 Å². The minimum Gasteiger partial charge on any atom is -0.303 e. The molecule has 3 nitrogen and oxygen atoms in total. The molecule has 0 bridgehead atoms. The highest BCUT2D eigenvalue weighted by atomic mass is 15.1. The molecule has 3 heteroatoms. The van der Waals surface area contributed by atoms with E-state index in [4.69, 9.17) is 0 Å². The van der Waals surface area contributed by atoms with Crippen LogP contribution in [0.15, 0.2) is 0 Å². The molecule has 1 saturated carbocycles. The van der Waals surface area contributed by atoms with Crippen molar-refractivity contribution in [3.05, 3.63) is 0 Å². The lowest BCUT2D eigenvalue weighted by molar-refractivity contribution is 0.136. The summed E-state index contributed by atoms with van der Waals surface area (Å²) in [5.41, 5.74) is -0.311. The summed E-state index contributed by atoms with van der Waals surface area (Å²) in [5, 5.41) is 12.8. The van der Waals surface area contributed by atoms with Crippen LogP contribution in [-0.2, 0) is 0 Å². The highest BCUT2D eigenvalue weighted by Gasteiger charge is 2.32. The number of nitriles is 1. The summed E-state index contributed by atoms with van der Waals surface area (Å²) >= 11 is 0. The largest absolute Gasteiger partial charge is 0.303 e. The maximum atomic E-state index is 9.36. The smallest absolute Gasteiger partial charge is 0.104 e. The SMILES string of the molecule is CC1CC(C)CN(CCCC(C)(C#N)NC2CC2)C1. The Morgan fingerprint density at radius 3 is 2.42 bits per heavy atom. The van der Waals surface area contributed by atoms with E-state index in [0.717, 1.165) is 31.2 Å². The highest BCUT2D eigenvalue weighted by Crippen LogP contribution is 2.25. The van der Waals surface area contributed by atoms with Gasteiger partial charge in [0, 0.05) is 19.1 Å². The molecule has 19 heavy (non-hydrogen) atoms. The zero-order valence-electron chi connectivity index (χ0n) is 12.8. The average molecular weight is 263 g/mol. The van der Waals surface area contributed by atoms with Crippen LogP contribution in [-0.4, -0.2) is 36.1 Å². The molecule has 3 atom stereocenters. The molecule has 2 rings (SSSR count). The van der Waals surface area contributed by atoms with Gasteiger partial charge in [-0.25, -0.2) is 0 Å².